The molecule has 2 heteroatoms. The highest BCUT2D eigenvalue weighted by atomic mass is 15.1. The molecule has 2 aliphatic rings. The van der Waals surface area contributed by atoms with Gasteiger partial charge in [0.15, 0.2) is 0 Å². The zero-order chi connectivity index (χ0) is 37.5. The Morgan fingerprint density at radius 1 is 0.375 bits per heavy atom. The van der Waals surface area contributed by atoms with E-state index in [0.29, 0.717) is 0 Å². The number of nitrogens with zero attached hydrogens (tertiary/aromatic N) is 2. The molecule has 0 amide bonds. The van der Waals surface area contributed by atoms with Gasteiger partial charge < -0.3 is 9.47 Å². The first-order chi connectivity index (χ1) is 27.3. The van der Waals surface area contributed by atoms with Crippen LogP contribution in [-0.2, 0) is 10.8 Å². The Morgan fingerprint density at radius 2 is 0.893 bits per heavy atom. The van der Waals surface area contributed by atoms with Gasteiger partial charge in [-0.15, -0.1) is 0 Å². The average Bonchev–Trinajstić information content (AvgIpc) is 3.56. The summed E-state index contributed by atoms with van der Waals surface area (Å²) in [5.41, 5.74) is 15.1. The molecule has 0 saturated heterocycles. The minimum atomic E-state index is -0.248. The van der Waals surface area contributed by atoms with Gasteiger partial charge in [0, 0.05) is 38.1 Å². The van der Waals surface area contributed by atoms with E-state index in [0.717, 1.165) is 0 Å². The first-order valence-corrected chi connectivity index (χ1v) is 19.9. The van der Waals surface area contributed by atoms with Crippen LogP contribution in [0.3, 0.4) is 0 Å². The number of rotatable bonds is 4. The second-order valence-corrected chi connectivity index (χ2v) is 17.0. The molecule has 2 nitrogen and oxygen atoms in total. The average molecular weight is 717 g/mol. The lowest BCUT2D eigenvalue weighted by Gasteiger charge is -2.42. The SMILES string of the molecule is CC1(C)c2cccc3c2-n2c4c1cc(-c1ccc5ccccc5c1)cc4c1cc(N(c4cccc5ccccc45)c4cccc5ccccc45)cc(c12)C3(C)C. The van der Waals surface area contributed by atoms with Gasteiger partial charge in [-0.3, -0.25) is 0 Å². The van der Waals surface area contributed by atoms with Crippen molar-refractivity contribution in [3.63, 3.8) is 0 Å². The number of aromatic nitrogens is 1. The van der Waals surface area contributed by atoms with E-state index in [1.807, 2.05) is 0 Å². The second kappa shape index (κ2) is 11.0. The first kappa shape index (κ1) is 31.7. The van der Waals surface area contributed by atoms with Crippen LogP contribution in [0.1, 0.15) is 49.9 Å². The predicted octanol–water partition coefficient (Wildman–Crippen LogP) is 14.7. The number of hydrogen-bond acceptors (Lipinski definition) is 1. The molecule has 0 radical (unpaired) electrons. The maximum absolute atomic E-state index is 2.64. The minimum absolute atomic E-state index is 0.199. The molecule has 3 heterocycles. The van der Waals surface area contributed by atoms with Gasteiger partial charge in [-0.2, -0.15) is 0 Å². The molecule has 0 bridgehead atoms. The number of fused-ring (bicyclic) bond motifs is 4. The summed E-state index contributed by atoms with van der Waals surface area (Å²) in [4.78, 5) is 2.53. The summed E-state index contributed by atoms with van der Waals surface area (Å²) in [5.74, 6) is 0. The van der Waals surface area contributed by atoms with Crippen molar-refractivity contribution in [3.8, 4) is 16.8 Å². The molecule has 12 rings (SSSR count). The van der Waals surface area contributed by atoms with E-state index in [4.69, 9.17) is 0 Å². The highest BCUT2D eigenvalue weighted by molar-refractivity contribution is 6.17. The van der Waals surface area contributed by atoms with Crippen molar-refractivity contribution in [1.29, 1.82) is 0 Å². The summed E-state index contributed by atoms with van der Waals surface area (Å²) in [6.07, 6.45) is 0. The molecular formula is C54H40N2. The Kier molecular flexibility index (Phi) is 6.22. The molecule has 0 N–H and O–H groups in total. The van der Waals surface area contributed by atoms with Gasteiger partial charge in [0.1, 0.15) is 0 Å². The predicted molar refractivity (Wildman–Crippen MR) is 238 cm³/mol. The van der Waals surface area contributed by atoms with E-state index >= 15 is 0 Å². The normalized spacial score (nSPS) is 14.7. The molecule has 0 unspecified atom stereocenters. The Balaban J connectivity index is 1.25. The van der Waals surface area contributed by atoms with Crippen LogP contribution >= 0.6 is 0 Å². The van der Waals surface area contributed by atoms with Crippen molar-refractivity contribution in [1.82, 2.24) is 4.57 Å². The fourth-order valence-electron chi connectivity index (χ4n) is 10.4. The van der Waals surface area contributed by atoms with Gasteiger partial charge in [-0.1, -0.05) is 155 Å². The third-order valence-electron chi connectivity index (χ3n) is 13.3. The molecule has 10 aromatic rings. The zero-order valence-corrected chi connectivity index (χ0v) is 32.1. The van der Waals surface area contributed by atoms with Crippen molar-refractivity contribution in [3.05, 3.63) is 192 Å². The number of hydrogen-bond donors (Lipinski definition) is 0. The van der Waals surface area contributed by atoms with Gasteiger partial charge >= 0.3 is 0 Å². The van der Waals surface area contributed by atoms with E-state index in [2.05, 4.69) is 207 Å². The smallest absolute Gasteiger partial charge is 0.0583 e. The Labute approximate surface area is 326 Å². The lowest BCUT2D eigenvalue weighted by Crippen LogP contribution is -2.33. The van der Waals surface area contributed by atoms with Crippen LogP contribution < -0.4 is 4.90 Å². The summed E-state index contributed by atoms with van der Waals surface area (Å²) < 4.78 is 2.64. The van der Waals surface area contributed by atoms with Crippen molar-refractivity contribution >= 4 is 71.2 Å². The third kappa shape index (κ3) is 4.11. The molecule has 0 spiro atoms. The maximum atomic E-state index is 2.64. The standard InChI is InChI=1S/C54H40N2/c1-53(2)44-22-13-23-45-52(44)56-50-42(29-38(30-46(50)53)37-27-26-33-14-5-6-17-36(33)28-37)43-31-39(32-47(51(43)56)54(45,3)4)55(48-24-11-18-34-15-7-9-20-40(34)48)49-25-12-19-35-16-8-10-21-41(35)49/h5-32H,1-4H3. The Hall–Kier alpha value is -6.64. The van der Waals surface area contributed by atoms with Gasteiger partial charge in [-0.25, -0.2) is 0 Å². The molecule has 9 aromatic carbocycles. The van der Waals surface area contributed by atoms with E-state index < -0.39 is 0 Å². The molecule has 0 fully saturated rings. The molecule has 56 heavy (non-hydrogen) atoms. The largest absolute Gasteiger partial charge is 0.309 e. The number of para-hydroxylation sites is 1. The van der Waals surface area contributed by atoms with Crippen molar-refractivity contribution in [2.75, 3.05) is 4.90 Å². The van der Waals surface area contributed by atoms with Crippen molar-refractivity contribution in [2.24, 2.45) is 0 Å². The Morgan fingerprint density at radius 3 is 1.54 bits per heavy atom. The summed E-state index contributed by atoms with van der Waals surface area (Å²) in [6, 6.07) is 63.7. The lowest BCUT2D eigenvalue weighted by molar-refractivity contribution is 0.594. The van der Waals surface area contributed by atoms with Crippen LogP contribution in [0.2, 0.25) is 0 Å². The number of anilines is 3. The maximum Gasteiger partial charge on any atom is 0.0583 e. The summed E-state index contributed by atoms with van der Waals surface area (Å²) >= 11 is 0. The topological polar surface area (TPSA) is 8.17 Å². The van der Waals surface area contributed by atoms with Crippen molar-refractivity contribution in [2.45, 2.75) is 38.5 Å². The second-order valence-electron chi connectivity index (χ2n) is 17.0. The summed E-state index contributed by atoms with van der Waals surface area (Å²) in [5, 5.41) is 10.1. The number of benzene rings is 9. The quantitative estimate of drug-likeness (QED) is 0.176. The van der Waals surface area contributed by atoms with E-state index in [1.54, 1.807) is 0 Å². The van der Waals surface area contributed by atoms with Crippen LogP contribution in [-0.4, -0.2) is 4.57 Å². The van der Waals surface area contributed by atoms with Crippen LogP contribution in [0.4, 0.5) is 17.1 Å². The van der Waals surface area contributed by atoms with Gasteiger partial charge in [-0.05, 0) is 97.4 Å². The fourth-order valence-corrected chi connectivity index (χ4v) is 10.4. The van der Waals surface area contributed by atoms with Crippen LogP contribution in [0.25, 0.3) is 70.9 Å². The molecule has 2 aliphatic heterocycles. The Bertz CT molecular complexity index is 3230. The molecule has 0 saturated carbocycles. The van der Waals surface area contributed by atoms with Gasteiger partial charge in [0.25, 0.3) is 0 Å². The molecular weight excluding hydrogens is 677 g/mol. The molecule has 1 aromatic heterocycles. The van der Waals surface area contributed by atoms with Crippen LogP contribution in [0.5, 0.6) is 0 Å². The van der Waals surface area contributed by atoms with E-state index in [1.165, 1.54) is 110 Å². The van der Waals surface area contributed by atoms with Crippen LogP contribution in [0.15, 0.2) is 170 Å². The lowest BCUT2D eigenvalue weighted by atomic mass is 9.68. The third-order valence-corrected chi connectivity index (χ3v) is 13.3. The van der Waals surface area contributed by atoms with E-state index in [9.17, 15) is 0 Å². The van der Waals surface area contributed by atoms with Crippen molar-refractivity contribution < 1.29 is 0 Å². The van der Waals surface area contributed by atoms with Gasteiger partial charge in [0.2, 0.25) is 0 Å². The minimum Gasteiger partial charge on any atom is -0.309 e. The fraction of sp³-hybridized carbons (Fsp3) is 0.111. The molecule has 0 aliphatic carbocycles. The van der Waals surface area contributed by atoms with Gasteiger partial charge in [0.05, 0.1) is 28.1 Å². The highest BCUT2D eigenvalue weighted by Gasteiger charge is 2.44. The summed E-state index contributed by atoms with van der Waals surface area (Å²) in [6.45, 7) is 9.73. The highest BCUT2D eigenvalue weighted by Crippen LogP contribution is 2.57. The van der Waals surface area contributed by atoms with E-state index in [-0.39, 0.29) is 10.8 Å². The summed E-state index contributed by atoms with van der Waals surface area (Å²) in [7, 11) is 0. The zero-order valence-electron chi connectivity index (χ0n) is 32.1. The molecule has 266 valence electrons. The first-order valence-electron chi connectivity index (χ1n) is 19.9. The molecule has 0 atom stereocenters. The van der Waals surface area contributed by atoms with Crippen LogP contribution in [0, 0.1) is 0 Å². The monoisotopic (exact) mass is 716 g/mol.